The van der Waals surface area contributed by atoms with Gasteiger partial charge in [0.1, 0.15) is 11.0 Å². The third-order valence-electron chi connectivity index (χ3n) is 3.99. The molecule has 2 amide bonds. The van der Waals surface area contributed by atoms with Crippen molar-refractivity contribution < 1.29 is 9.59 Å². The maximum Gasteiger partial charge on any atom is 0.249 e. The Kier molecular flexibility index (Phi) is 6.64. The Labute approximate surface area is 152 Å². The summed E-state index contributed by atoms with van der Waals surface area (Å²) in [6, 6.07) is 9.07. The molecule has 2 aromatic rings. The van der Waals surface area contributed by atoms with E-state index in [0.29, 0.717) is 5.13 Å². The van der Waals surface area contributed by atoms with Gasteiger partial charge in [0.15, 0.2) is 0 Å². The van der Waals surface area contributed by atoms with E-state index < -0.39 is 6.04 Å². The molecule has 1 aromatic carbocycles. The van der Waals surface area contributed by atoms with Crippen LogP contribution in [0.15, 0.2) is 30.3 Å². The molecule has 0 radical (unpaired) electrons. The normalized spacial score (nSPS) is 13.3. The fourth-order valence-electron chi connectivity index (χ4n) is 2.18. The lowest BCUT2D eigenvalue weighted by molar-refractivity contribution is -0.129. The van der Waals surface area contributed by atoms with Crippen LogP contribution in [0.1, 0.15) is 34.1 Å². The minimum Gasteiger partial charge on any atom is -0.344 e. The molecule has 2 N–H and O–H groups in total. The first-order chi connectivity index (χ1) is 11.9. The second kappa shape index (κ2) is 8.71. The summed E-state index contributed by atoms with van der Waals surface area (Å²) in [7, 11) is 0. The number of hydrogen-bond donors (Lipinski definition) is 2. The van der Waals surface area contributed by atoms with E-state index in [9.17, 15) is 9.59 Å². The Hall–Kier alpha value is -2.28. The summed E-state index contributed by atoms with van der Waals surface area (Å²) in [6.45, 7) is 7.54. The van der Waals surface area contributed by atoms with Crippen molar-refractivity contribution >= 4 is 28.3 Å². The van der Waals surface area contributed by atoms with Gasteiger partial charge in [-0.15, -0.1) is 10.2 Å². The predicted molar refractivity (Wildman–Crippen MR) is 100 cm³/mol. The number of carbonyl (C=O) groups excluding carboxylic acids is 2. The van der Waals surface area contributed by atoms with Gasteiger partial charge in [-0.05, 0) is 5.92 Å². The van der Waals surface area contributed by atoms with Crippen molar-refractivity contribution in [1.29, 1.82) is 0 Å². The summed E-state index contributed by atoms with van der Waals surface area (Å²) < 4.78 is 0. The van der Waals surface area contributed by atoms with Crippen LogP contribution in [0.25, 0.3) is 10.6 Å². The third kappa shape index (κ3) is 5.09. The van der Waals surface area contributed by atoms with Gasteiger partial charge < -0.3 is 5.32 Å². The summed E-state index contributed by atoms with van der Waals surface area (Å²) in [5, 5.41) is 14.9. The van der Waals surface area contributed by atoms with Crippen molar-refractivity contribution in [2.75, 3.05) is 5.32 Å². The van der Waals surface area contributed by atoms with Crippen molar-refractivity contribution in [3.63, 3.8) is 0 Å². The lowest BCUT2D eigenvalue weighted by Gasteiger charge is -2.23. The number of rotatable bonds is 7. The molecular weight excluding hydrogens is 336 g/mol. The van der Waals surface area contributed by atoms with E-state index in [1.54, 1.807) is 13.8 Å². The molecule has 6 nitrogen and oxygen atoms in total. The summed E-state index contributed by atoms with van der Waals surface area (Å²) >= 11 is 1.31. The molecule has 0 bridgehead atoms. The zero-order valence-electron chi connectivity index (χ0n) is 14.9. The van der Waals surface area contributed by atoms with Gasteiger partial charge in [-0.3, -0.25) is 14.9 Å². The molecule has 1 heterocycles. The summed E-state index contributed by atoms with van der Waals surface area (Å²) in [5.74, 6) is -0.559. The topological polar surface area (TPSA) is 84.0 Å². The van der Waals surface area contributed by atoms with Crippen molar-refractivity contribution in [3.8, 4) is 10.6 Å². The predicted octanol–water partition coefficient (Wildman–Crippen LogP) is 3.33. The molecular formula is C18H24N4O2S. The Morgan fingerprint density at radius 2 is 1.76 bits per heavy atom. The maximum absolute atomic E-state index is 12.6. The summed E-state index contributed by atoms with van der Waals surface area (Å²) in [4.78, 5) is 24.6. The standard InChI is InChI=1S/C18H24N4O2S/c1-5-12(4)14(19-15(23)11(2)3)16(24)20-18-22-21-17(25-18)13-9-7-6-8-10-13/h6-12,14H,5H2,1-4H3,(H,19,23)(H,20,22,24). The largest absolute Gasteiger partial charge is 0.344 e. The Morgan fingerprint density at radius 1 is 1.08 bits per heavy atom. The monoisotopic (exact) mass is 360 g/mol. The van der Waals surface area contributed by atoms with Crippen LogP contribution in [0, 0.1) is 11.8 Å². The van der Waals surface area contributed by atoms with Crippen LogP contribution in [0.2, 0.25) is 0 Å². The summed E-state index contributed by atoms with van der Waals surface area (Å²) in [5.41, 5.74) is 0.951. The van der Waals surface area contributed by atoms with Crippen LogP contribution in [-0.4, -0.2) is 28.1 Å². The number of carbonyl (C=O) groups is 2. The molecule has 0 saturated carbocycles. The van der Waals surface area contributed by atoms with Crippen molar-refractivity contribution in [3.05, 3.63) is 30.3 Å². The zero-order valence-corrected chi connectivity index (χ0v) is 15.8. The van der Waals surface area contributed by atoms with E-state index in [1.165, 1.54) is 11.3 Å². The Morgan fingerprint density at radius 3 is 2.36 bits per heavy atom. The molecule has 25 heavy (non-hydrogen) atoms. The quantitative estimate of drug-likeness (QED) is 0.793. The van der Waals surface area contributed by atoms with Crippen LogP contribution >= 0.6 is 11.3 Å². The van der Waals surface area contributed by atoms with E-state index in [-0.39, 0.29) is 23.7 Å². The van der Waals surface area contributed by atoms with E-state index in [4.69, 9.17) is 0 Å². The molecule has 0 fully saturated rings. The fourth-order valence-corrected chi connectivity index (χ4v) is 2.93. The van der Waals surface area contributed by atoms with Gasteiger partial charge in [0, 0.05) is 11.5 Å². The average molecular weight is 360 g/mol. The van der Waals surface area contributed by atoms with E-state index in [1.807, 2.05) is 44.2 Å². The highest BCUT2D eigenvalue weighted by Crippen LogP contribution is 2.26. The van der Waals surface area contributed by atoms with E-state index in [2.05, 4.69) is 20.8 Å². The summed E-state index contributed by atoms with van der Waals surface area (Å²) in [6.07, 6.45) is 0.780. The molecule has 1 aromatic heterocycles. The first-order valence-corrected chi connectivity index (χ1v) is 9.24. The highest BCUT2D eigenvalue weighted by Gasteiger charge is 2.27. The lowest BCUT2D eigenvalue weighted by Crippen LogP contribution is -2.48. The van der Waals surface area contributed by atoms with Gasteiger partial charge in [0.05, 0.1) is 0 Å². The molecule has 7 heteroatoms. The lowest BCUT2D eigenvalue weighted by atomic mass is 9.97. The smallest absolute Gasteiger partial charge is 0.249 e. The van der Waals surface area contributed by atoms with Gasteiger partial charge in [-0.2, -0.15) is 0 Å². The minimum absolute atomic E-state index is 0.0178. The number of nitrogens with zero attached hydrogens (tertiary/aromatic N) is 2. The SMILES string of the molecule is CCC(C)C(NC(=O)C(C)C)C(=O)Nc1nnc(-c2ccccc2)s1. The molecule has 0 aliphatic carbocycles. The minimum atomic E-state index is -0.594. The van der Waals surface area contributed by atoms with Crippen LogP contribution < -0.4 is 10.6 Å². The third-order valence-corrected chi connectivity index (χ3v) is 4.88. The second-order valence-corrected chi connectivity index (χ2v) is 7.27. The first kappa shape index (κ1) is 19.1. The molecule has 2 rings (SSSR count). The number of anilines is 1. The molecule has 2 atom stereocenters. The molecule has 0 aliphatic heterocycles. The van der Waals surface area contributed by atoms with Gasteiger partial charge in [0.25, 0.3) is 0 Å². The molecule has 0 spiro atoms. The van der Waals surface area contributed by atoms with Gasteiger partial charge in [-0.25, -0.2) is 0 Å². The number of aromatic nitrogens is 2. The number of amides is 2. The van der Waals surface area contributed by atoms with Crippen molar-refractivity contribution in [1.82, 2.24) is 15.5 Å². The van der Waals surface area contributed by atoms with Gasteiger partial charge in [0.2, 0.25) is 16.9 Å². The number of nitrogens with one attached hydrogen (secondary N) is 2. The van der Waals surface area contributed by atoms with Gasteiger partial charge >= 0.3 is 0 Å². The Bertz CT molecular complexity index is 715. The van der Waals surface area contributed by atoms with Crippen LogP contribution in [0.3, 0.4) is 0 Å². The maximum atomic E-state index is 12.6. The van der Waals surface area contributed by atoms with Gasteiger partial charge in [-0.1, -0.05) is 75.8 Å². The first-order valence-electron chi connectivity index (χ1n) is 8.42. The molecule has 0 aliphatic rings. The number of hydrogen-bond acceptors (Lipinski definition) is 5. The zero-order chi connectivity index (χ0) is 18.4. The average Bonchev–Trinajstić information content (AvgIpc) is 3.07. The highest BCUT2D eigenvalue weighted by molar-refractivity contribution is 7.18. The molecule has 2 unspecified atom stereocenters. The Balaban J connectivity index is 2.10. The van der Waals surface area contributed by atoms with Crippen LogP contribution in [0.5, 0.6) is 0 Å². The highest BCUT2D eigenvalue weighted by atomic mass is 32.1. The second-order valence-electron chi connectivity index (χ2n) is 6.29. The van der Waals surface area contributed by atoms with Crippen LogP contribution in [-0.2, 0) is 9.59 Å². The molecule has 0 saturated heterocycles. The number of benzene rings is 1. The molecule has 134 valence electrons. The van der Waals surface area contributed by atoms with E-state index in [0.717, 1.165) is 17.0 Å². The van der Waals surface area contributed by atoms with E-state index >= 15 is 0 Å². The van der Waals surface area contributed by atoms with Crippen molar-refractivity contribution in [2.45, 2.75) is 40.2 Å². The van der Waals surface area contributed by atoms with Crippen molar-refractivity contribution in [2.24, 2.45) is 11.8 Å². The fraction of sp³-hybridized carbons (Fsp3) is 0.444. The van der Waals surface area contributed by atoms with Crippen LogP contribution in [0.4, 0.5) is 5.13 Å².